The van der Waals surface area contributed by atoms with Gasteiger partial charge in [-0.25, -0.2) is 14.6 Å². The maximum absolute atomic E-state index is 12.1. The third-order valence-corrected chi connectivity index (χ3v) is 9.92. The molecule has 2 aliphatic rings. The van der Waals surface area contributed by atoms with Crippen LogP contribution in [0.15, 0.2) is 60.1 Å². The minimum absolute atomic E-state index is 0.229. The molecule has 2 saturated heterocycles. The van der Waals surface area contributed by atoms with Crippen LogP contribution in [0.25, 0.3) is 26.6 Å². The first-order chi connectivity index (χ1) is 21.4. The molecule has 2 aromatic carbocycles. The average molecular weight is 649 g/mol. The fourth-order valence-corrected chi connectivity index (χ4v) is 7.61. The van der Waals surface area contributed by atoms with E-state index in [1.54, 1.807) is 27.6 Å². The lowest BCUT2D eigenvalue weighted by Crippen LogP contribution is -2.57. The van der Waals surface area contributed by atoms with Crippen molar-refractivity contribution < 1.29 is 19.3 Å². The van der Waals surface area contributed by atoms with Gasteiger partial charge in [-0.3, -0.25) is 4.57 Å². The van der Waals surface area contributed by atoms with Crippen LogP contribution in [-0.2, 0) is 14.2 Å². The van der Waals surface area contributed by atoms with Gasteiger partial charge in [0.05, 0.1) is 33.7 Å². The minimum Gasteiger partial charge on any atom is -0.388 e. The maximum atomic E-state index is 12.1. The number of aryl methyl sites for hydroxylation is 2. The van der Waals surface area contributed by atoms with Crippen LogP contribution in [0.2, 0.25) is 5.15 Å². The predicted molar refractivity (Wildman–Crippen MR) is 163 cm³/mol. The number of thiazole rings is 2. The van der Waals surface area contributed by atoms with Crippen LogP contribution < -0.4 is 0 Å². The number of hydrogen-bond acceptors (Lipinski definition) is 12. The summed E-state index contributed by atoms with van der Waals surface area (Å²) < 4.78 is 23.8. The Morgan fingerprint density at radius 1 is 1.02 bits per heavy atom. The van der Waals surface area contributed by atoms with Crippen LogP contribution in [0, 0.1) is 13.8 Å². The number of nitrogens with zero attached hydrogens (tertiary/aromatic N) is 8. The second kappa shape index (κ2) is 11.1. The van der Waals surface area contributed by atoms with Gasteiger partial charge in [-0.2, -0.15) is 0 Å². The number of aromatic nitrogens is 8. The molecule has 0 saturated carbocycles. The second-order valence-corrected chi connectivity index (χ2v) is 13.1. The molecule has 4 aromatic heterocycles. The summed E-state index contributed by atoms with van der Waals surface area (Å²) in [4.78, 5) is 8.91. The zero-order valence-electron chi connectivity index (χ0n) is 23.4. The van der Waals surface area contributed by atoms with Crippen LogP contribution >= 0.6 is 34.3 Å². The summed E-state index contributed by atoms with van der Waals surface area (Å²) in [6.45, 7) is 4.08. The lowest BCUT2D eigenvalue weighted by molar-refractivity contribution is -0.319. The van der Waals surface area contributed by atoms with E-state index in [4.69, 9.17) is 25.8 Å². The molecule has 6 heterocycles. The molecule has 8 rings (SSSR count). The SMILES string of the molecule is Cc1nc2ccc(-n3c(C)nnc3[C@@H]3OC4COC(c5ccccc5)O[C@@H]4C(n4cc(-c5nc(Cl)cs5)nn4)C3O)cc2s1. The summed E-state index contributed by atoms with van der Waals surface area (Å²) in [6.07, 6.45) is -2.10. The minimum atomic E-state index is -1.14. The molecule has 4 unspecified atom stereocenters. The molecule has 15 heteroatoms. The molecular formula is C29H25ClN8O4S2. The number of fused-ring (bicyclic) bond motifs is 2. The summed E-state index contributed by atoms with van der Waals surface area (Å²) in [7, 11) is 0. The van der Waals surface area contributed by atoms with Gasteiger partial charge in [-0.05, 0) is 32.0 Å². The fourth-order valence-electron chi connectivity index (χ4n) is 5.85. The Bertz CT molecular complexity index is 1960. The highest BCUT2D eigenvalue weighted by Crippen LogP contribution is 2.44. The third kappa shape index (κ3) is 4.83. The van der Waals surface area contributed by atoms with Crippen LogP contribution in [0.3, 0.4) is 0 Å². The van der Waals surface area contributed by atoms with Crippen molar-refractivity contribution in [3.8, 4) is 16.4 Å². The third-order valence-electron chi connectivity index (χ3n) is 7.80. The summed E-state index contributed by atoms with van der Waals surface area (Å²) in [6, 6.07) is 15.0. The van der Waals surface area contributed by atoms with Crippen molar-refractivity contribution in [2.24, 2.45) is 0 Å². The van der Waals surface area contributed by atoms with E-state index in [1.807, 2.05) is 60.9 Å². The lowest BCUT2D eigenvalue weighted by atomic mass is 9.91. The monoisotopic (exact) mass is 648 g/mol. The summed E-state index contributed by atoms with van der Waals surface area (Å²) in [5, 5.41) is 33.5. The number of rotatable bonds is 5. The molecule has 224 valence electrons. The quantitative estimate of drug-likeness (QED) is 0.271. The molecule has 6 atom stereocenters. The Kier molecular flexibility index (Phi) is 7.01. The van der Waals surface area contributed by atoms with Crippen molar-refractivity contribution in [2.45, 2.75) is 50.6 Å². The molecule has 0 amide bonds. The van der Waals surface area contributed by atoms with Gasteiger partial charge in [-0.15, -0.1) is 38.0 Å². The Labute approximate surface area is 263 Å². The molecule has 44 heavy (non-hydrogen) atoms. The van der Waals surface area contributed by atoms with Crippen molar-refractivity contribution in [3.63, 3.8) is 0 Å². The van der Waals surface area contributed by atoms with Crippen molar-refractivity contribution in [3.05, 3.63) is 87.5 Å². The van der Waals surface area contributed by atoms with E-state index in [9.17, 15) is 5.11 Å². The number of aliphatic hydroxyl groups excluding tert-OH is 1. The average Bonchev–Trinajstić information content (AvgIpc) is 3.83. The second-order valence-electron chi connectivity index (χ2n) is 10.6. The first-order valence-electron chi connectivity index (χ1n) is 13.9. The number of halogens is 1. The Hall–Kier alpha value is -3.63. The molecule has 6 aromatic rings. The molecule has 0 spiro atoms. The first-order valence-corrected chi connectivity index (χ1v) is 16.0. The van der Waals surface area contributed by atoms with Gasteiger partial charge in [0.25, 0.3) is 0 Å². The number of aliphatic hydroxyl groups is 1. The number of benzene rings is 2. The van der Waals surface area contributed by atoms with Crippen LogP contribution in [0.5, 0.6) is 0 Å². The highest BCUT2D eigenvalue weighted by Gasteiger charge is 2.52. The van der Waals surface area contributed by atoms with Crippen molar-refractivity contribution in [1.29, 1.82) is 0 Å². The van der Waals surface area contributed by atoms with Gasteiger partial charge < -0.3 is 19.3 Å². The van der Waals surface area contributed by atoms with E-state index in [-0.39, 0.29) is 6.61 Å². The van der Waals surface area contributed by atoms with E-state index in [1.165, 1.54) is 11.3 Å². The predicted octanol–water partition coefficient (Wildman–Crippen LogP) is 5.02. The standard InChI is InChI=1S/C29H25ClN8O4S2/c1-14-33-35-27(38(14)17-8-9-18-21(10-17)44-15(2)31-18)26-24(39)23(37-11-19(34-36-37)28-32-22(30)13-43-28)25-20(41-26)12-40-29(42-25)16-6-4-3-5-7-16/h3-11,13,20,23-26,29,39H,12H2,1-2H3/t20?,23?,24?,25-,26+,29?/m0/s1. The Morgan fingerprint density at radius 2 is 1.89 bits per heavy atom. The van der Waals surface area contributed by atoms with E-state index < -0.39 is 36.7 Å². The Balaban J connectivity index is 1.19. The van der Waals surface area contributed by atoms with Gasteiger partial charge in [0.15, 0.2) is 12.1 Å². The molecule has 1 N–H and O–H groups in total. The van der Waals surface area contributed by atoms with Crippen LogP contribution in [0.4, 0.5) is 0 Å². The van der Waals surface area contributed by atoms with Gasteiger partial charge in [-0.1, -0.05) is 47.1 Å². The fraction of sp³-hybridized carbons (Fsp3) is 0.310. The molecule has 12 nitrogen and oxygen atoms in total. The van der Waals surface area contributed by atoms with Crippen LogP contribution in [0.1, 0.15) is 40.7 Å². The van der Waals surface area contributed by atoms with Gasteiger partial charge in [0.2, 0.25) is 0 Å². The highest BCUT2D eigenvalue weighted by atomic mass is 35.5. The molecule has 0 aliphatic carbocycles. The van der Waals surface area contributed by atoms with E-state index >= 15 is 0 Å². The smallest absolute Gasteiger partial charge is 0.184 e. The molecule has 0 radical (unpaired) electrons. The summed E-state index contributed by atoms with van der Waals surface area (Å²) in [5.74, 6) is 1.11. The molecule has 2 aliphatic heterocycles. The summed E-state index contributed by atoms with van der Waals surface area (Å²) in [5.41, 5.74) is 3.17. The van der Waals surface area contributed by atoms with E-state index in [0.29, 0.717) is 27.5 Å². The van der Waals surface area contributed by atoms with E-state index in [2.05, 4.69) is 36.5 Å². The van der Waals surface area contributed by atoms with Gasteiger partial charge in [0.1, 0.15) is 52.1 Å². The topological polar surface area (TPSA) is 135 Å². The highest BCUT2D eigenvalue weighted by molar-refractivity contribution is 7.18. The molecule has 0 bridgehead atoms. The van der Waals surface area contributed by atoms with Gasteiger partial charge >= 0.3 is 0 Å². The normalized spacial score (nSPS) is 25.4. The first kappa shape index (κ1) is 27.9. The Morgan fingerprint density at radius 3 is 2.70 bits per heavy atom. The van der Waals surface area contributed by atoms with E-state index in [0.717, 1.165) is 26.5 Å². The van der Waals surface area contributed by atoms with Crippen LogP contribution in [-0.4, -0.2) is 69.8 Å². The summed E-state index contributed by atoms with van der Waals surface area (Å²) >= 11 is 9.06. The van der Waals surface area contributed by atoms with Crippen molar-refractivity contribution in [2.75, 3.05) is 6.61 Å². The lowest BCUT2D eigenvalue weighted by Gasteiger charge is -2.47. The van der Waals surface area contributed by atoms with Crippen molar-refractivity contribution in [1.82, 2.24) is 39.7 Å². The van der Waals surface area contributed by atoms with Gasteiger partial charge in [0, 0.05) is 10.9 Å². The van der Waals surface area contributed by atoms with Crippen molar-refractivity contribution >= 4 is 44.5 Å². The number of hydrogen-bond donors (Lipinski definition) is 1. The molecular weight excluding hydrogens is 624 g/mol. The molecule has 2 fully saturated rings. The largest absolute Gasteiger partial charge is 0.388 e. The zero-order valence-corrected chi connectivity index (χ0v) is 25.8. The maximum Gasteiger partial charge on any atom is 0.184 e. The zero-order chi connectivity index (χ0) is 29.9. The number of ether oxygens (including phenoxy) is 3.